The Kier molecular flexibility index (Phi) is 1.72. The summed E-state index contributed by atoms with van der Waals surface area (Å²) in [6, 6.07) is 6.97. The van der Waals surface area contributed by atoms with Gasteiger partial charge < -0.3 is 5.73 Å². The molecule has 1 aromatic rings. The Bertz CT molecular complexity index is 363. The SMILES string of the molecule is NC1(Cc2ccc3c(c2)CCC3)CC1. The van der Waals surface area contributed by atoms with Crippen LogP contribution in [0.2, 0.25) is 0 Å². The van der Waals surface area contributed by atoms with E-state index in [1.807, 2.05) is 0 Å². The highest BCUT2D eigenvalue weighted by Crippen LogP contribution is 2.36. The first kappa shape index (κ1) is 8.49. The molecule has 14 heavy (non-hydrogen) atoms. The lowest BCUT2D eigenvalue weighted by Gasteiger charge is -2.09. The number of rotatable bonds is 2. The van der Waals surface area contributed by atoms with Gasteiger partial charge in [0.2, 0.25) is 0 Å². The second-order valence-corrected chi connectivity index (χ2v) is 5.00. The van der Waals surface area contributed by atoms with Gasteiger partial charge in [0.25, 0.3) is 0 Å². The van der Waals surface area contributed by atoms with Gasteiger partial charge in [0, 0.05) is 5.54 Å². The van der Waals surface area contributed by atoms with E-state index >= 15 is 0 Å². The number of benzene rings is 1. The summed E-state index contributed by atoms with van der Waals surface area (Å²) in [7, 11) is 0. The van der Waals surface area contributed by atoms with Crippen LogP contribution in [-0.2, 0) is 19.3 Å². The molecule has 0 heterocycles. The smallest absolute Gasteiger partial charge is 0.0196 e. The molecule has 0 unspecified atom stereocenters. The van der Waals surface area contributed by atoms with E-state index in [-0.39, 0.29) is 5.54 Å². The molecule has 1 heteroatoms. The largest absolute Gasteiger partial charge is 0.325 e. The minimum absolute atomic E-state index is 0.160. The molecule has 0 amide bonds. The summed E-state index contributed by atoms with van der Waals surface area (Å²) in [6.45, 7) is 0. The summed E-state index contributed by atoms with van der Waals surface area (Å²) in [5.41, 5.74) is 10.9. The molecule has 74 valence electrons. The number of hydrogen-bond donors (Lipinski definition) is 1. The third-order valence-corrected chi connectivity index (χ3v) is 3.61. The van der Waals surface area contributed by atoms with Crippen LogP contribution in [-0.4, -0.2) is 5.54 Å². The Morgan fingerprint density at radius 1 is 1.14 bits per heavy atom. The van der Waals surface area contributed by atoms with E-state index in [0.717, 1.165) is 6.42 Å². The van der Waals surface area contributed by atoms with Gasteiger partial charge in [-0.15, -0.1) is 0 Å². The van der Waals surface area contributed by atoms with Gasteiger partial charge in [0.15, 0.2) is 0 Å². The third kappa shape index (κ3) is 1.46. The number of nitrogens with two attached hydrogens (primary N) is 1. The molecule has 0 aliphatic heterocycles. The Balaban J connectivity index is 1.85. The third-order valence-electron chi connectivity index (χ3n) is 3.61. The second-order valence-electron chi connectivity index (χ2n) is 5.00. The van der Waals surface area contributed by atoms with Crippen molar-refractivity contribution in [2.24, 2.45) is 5.73 Å². The molecular weight excluding hydrogens is 170 g/mol. The quantitative estimate of drug-likeness (QED) is 0.754. The minimum Gasteiger partial charge on any atom is -0.325 e. The Labute approximate surface area is 85.3 Å². The van der Waals surface area contributed by atoms with Gasteiger partial charge in [-0.2, -0.15) is 0 Å². The van der Waals surface area contributed by atoms with Crippen molar-refractivity contribution in [3.8, 4) is 0 Å². The number of fused-ring (bicyclic) bond motifs is 1. The molecule has 0 radical (unpaired) electrons. The fourth-order valence-corrected chi connectivity index (χ4v) is 2.48. The summed E-state index contributed by atoms with van der Waals surface area (Å²) < 4.78 is 0. The van der Waals surface area contributed by atoms with Crippen molar-refractivity contribution in [2.45, 2.75) is 44.1 Å². The molecule has 0 atom stereocenters. The molecule has 1 saturated carbocycles. The lowest BCUT2D eigenvalue weighted by atomic mass is 10.0. The molecule has 0 aromatic heterocycles. The van der Waals surface area contributed by atoms with Gasteiger partial charge in [0.05, 0.1) is 0 Å². The lowest BCUT2D eigenvalue weighted by Crippen LogP contribution is -2.24. The summed E-state index contributed by atoms with van der Waals surface area (Å²) >= 11 is 0. The van der Waals surface area contributed by atoms with E-state index in [2.05, 4.69) is 18.2 Å². The van der Waals surface area contributed by atoms with Crippen LogP contribution in [0.15, 0.2) is 18.2 Å². The predicted octanol–water partition coefficient (Wildman–Crippen LogP) is 2.21. The monoisotopic (exact) mass is 187 g/mol. The van der Waals surface area contributed by atoms with Crippen molar-refractivity contribution in [3.63, 3.8) is 0 Å². The van der Waals surface area contributed by atoms with E-state index in [0.29, 0.717) is 0 Å². The Morgan fingerprint density at radius 2 is 1.93 bits per heavy atom. The van der Waals surface area contributed by atoms with Crippen LogP contribution in [0.3, 0.4) is 0 Å². The first-order valence-corrected chi connectivity index (χ1v) is 5.65. The molecular formula is C13H17N. The zero-order valence-corrected chi connectivity index (χ0v) is 8.55. The molecule has 2 N–H and O–H groups in total. The van der Waals surface area contributed by atoms with Gasteiger partial charge in [0.1, 0.15) is 0 Å². The standard InChI is InChI=1S/C13H17N/c14-13(6-7-13)9-10-4-5-11-2-1-3-12(11)8-10/h4-5,8H,1-3,6-7,9,14H2. The molecule has 2 aliphatic carbocycles. The maximum absolute atomic E-state index is 6.12. The van der Waals surface area contributed by atoms with Crippen molar-refractivity contribution in [2.75, 3.05) is 0 Å². The van der Waals surface area contributed by atoms with Crippen molar-refractivity contribution in [1.82, 2.24) is 0 Å². The molecule has 1 aromatic carbocycles. The summed E-state index contributed by atoms with van der Waals surface area (Å²) in [6.07, 6.45) is 7.41. The average molecular weight is 187 g/mol. The topological polar surface area (TPSA) is 26.0 Å². The molecule has 1 nitrogen and oxygen atoms in total. The van der Waals surface area contributed by atoms with Crippen LogP contribution in [0.25, 0.3) is 0 Å². The second kappa shape index (κ2) is 2.83. The number of aryl methyl sites for hydroxylation is 2. The normalized spacial score (nSPS) is 22.1. The highest BCUT2D eigenvalue weighted by molar-refractivity contribution is 5.36. The molecule has 0 saturated heterocycles. The summed E-state index contributed by atoms with van der Waals surface area (Å²) in [5.74, 6) is 0. The molecule has 1 fully saturated rings. The average Bonchev–Trinajstić information content (AvgIpc) is 2.73. The van der Waals surface area contributed by atoms with E-state index in [1.54, 1.807) is 11.1 Å². The van der Waals surface area contributed by atoms with Gasteiger partial charge in [-0.05, 0) is 55.2 Å². The fourth-order valence-electron chi connectivity index (χ4n) is 2.48. The maximum atomic E-state index is 6.12. The molecule has 2 aliphatic rings. The highest BCUT2D eigenvalue weighted by Gasteiger charge is 2.37. The zero-order chi connectivity index (χ0) is 9.60. The first-order valence-electron chi connectivity index (χ1n) is 5.65. The molecule has 3 rings (SSSR count). The Hall–Kier alpha value is -0.820. The predicted molar refractivity (Wildman–Crippen MR) is 58.3 cm³/mol. The zero-order valence-electron chi connectivity index (χ0n) is 8.55. The maximum Gasteiger partial charge on any atom is 0.0196 e. The lowest BCUT2D eigenvalue weighted by molar-refractivity contribution is 0.671. The van der Waals surface area contributed by atoms with Crippen LogP contribution >= 0.6 is 0 Å². The number of hydrogen-bond acceptors (Lipinski definition) is 1. The molecule has 0 spiro atoms. The van der Waals surface area contributed by atoms with Crippen LogP contribution in [0.5, 0.6) is 0 Å². The summed E-state index contributed by atoms with van der Waals surface area (Å²) in [4.78, 5) is 0. The van der Waals surface area contributed by atoms with Crippen molar-refractivity contribution >= 4 is 0 Å². The Morgan fingerprint density at radius 3 is 2.71 bits per heavy atom. The van der Waals surface area contributed by atoms with Crippen LogP contribution < -0.4 is 5.73 Å². The molecule has 0 bridgehead atoms. The summed E-state index contributed by atoms with van der Waals surface area (Å²) in [5, 5.41) is 0. The van der Waals surface area contributed by atoms with E-state index in [4.69, 9.17) is 5.73 Å². The van der Waals surface area contributed by atoms with Crippen LogP contribution in [0.4, 0.5) is 0 Å². The van der Waals surface area contributed by atoms with Crippen LogP contribution in [0, 0.1) is 0 Å². The minimum atomic E-state index is 0.160. The van der Waals surface area contributed by atoms with Gasteiger partial charge in [-0.3, -0.25) is 0 Å². The van der Waals surface area contributed by atoms with E-state index in [1.165, 1.54) is 37.7 Å². The van der Waals surface area contributed by atoms with Crippen molar-refractivity contribution in [3.05, 3.63) is 34.9 Å². The van der Waals surface area contributed by atoms with E-state index in [9.17, 15) is 0 Å². The van der Waals surface area contributed by atoms with E-state index < -0.39 is 0 Å². The fraction of sp³-hybridized carbons (Fsp3) is 0.538. The van der Waals surface area contributed by atoms with Gasteiger partial charge in [-0.25, -0.2) is 0 Å². The van der Waals surface area contributed by atoms with Crippen molar-refractivity contribution < 1.29 is 0 Å². The highest BCUT2D eigenvalue weighted by atomic mass is 14.8. The van der Waals surface area contributed by atoms with Crippen molar-refractivity contribution in [1.29, 1.82) is 0 Å². The van der Waals surface area contributed by atoms with Gasteiger partial charge >= 0.3 is 0 Å². The van der Waals surface area contributed by atoms with Gasteiger partial charge in [-0.1, -0.05) is 18.2 Å². The first-order chi connectivity index (χ1) is 6.75. The van der Waals surface area contributed by atoms with Crippen LogP contribution in [0.1, 0.15) is 36.0 Å².